The molecule has 0 unspecified atom stereocenters. The topological polar surface area (TPSA) is 93.0 Å². The average molecular weight is 501 g/mol. The van der Waals surface area contributed by atoms with Crippen LogP contribution < -0.4 is 20.1 Å². The van der Waals surface area contributed by atoms with Crippen LogP contribution >= 0.6 is 0 Å². The van der Waals surface area contributed by atoms with Gasteiger partial charge in [-0.25, -0.2) is 9.50 Å². The van der Waals surface area contributed by atoms with Crippen molar-refractivity contribution in [1.82, 2.24) is 24.8 Å². The number of amides is 1. The fraction of sp³-hybridized carbons (Fsp3) is 0.321. The van der Waals surface area contributed by atoms with Crippen molar-refractivity contribution in [3.8, 4) is 22.8 Å². The molecule has 1 saturated heterocycles. The van der Waals surface area contributed by atoms with Gasteiger partial charge in [0.2, 0.25) is 11.9 Å². The second kappa shape index (κ2) is 10.9. The summed E-state index contributed by atoms with van der Waals surface area (Å²) in [5, 5.41) is 10.8. The maximum absolute atomic E-state index is 11.7. The van der Waals surface area contributed by atoms with Gasteiger partial charge in [0.1, 0.15) is 11.5 Å². The average Bonchev–Trinajstić information content (AvgIpc) is 3.36. The molecule has 4 aromatic rings. The molecule has 0 saturated carbocycles. The van der Waals surface area contributed by atoms with Gasteiger partial charge in [-0.3, -0.25) is 9.69 Å². The number of hydrogen-bond acceptors (Lipinski definition) is 7. The Kier molecular flexibility index (Phi) is 7.23. The molecule has 0 atom stereocenters. The smallest absolute Gasteiger partial charge is 0.245 e. The largest absolute Gasteiger partial charge is 0.496 e. The Morgan fingerprint density at radius 2 is 1.81 bits per heavy atom. The first-order valence-corrected chi connectivity index (χ1v) is 12.5. The second-order valence-electron chi connectivity index (χ2n) is 9.15. The van der Waals surface area contributed by atoms with Crippen molar-refractivity contribution >= 4 is 23.1 Å². The molecule has 0 aliphatic carbocycles. The SMILES string of the molecule is CNC(=O)CN1CCC(c2ccc(Nc3ncc4ccc(-c5ccccc5OC)n4n3)c(OC)c2)CC1. The van der Waals surface area contributed by atoms with Gasteiger partial charge in [0.15, 0.2) is 0 Å². The standard InChI is InChI=1S/C28H32N6O3/c1-29-27(35)18-33-14-12-19(13-15-33)20-8-10-23(26(16-20)37-3)31-28-30-17-21-9-11-24(34(21)32-28)22-6-4-5-7-25(22)36-2/h4-11,16-17,19H,12-15,18H2,1-3H3,(H,29,35)(H,31,32). The van der Waals surface area contributed by atoms with E-state index in [1.165, 1.54) is 5.56 Å². The molecule has 5 rings (SSSR count). The Morgan fingerprint density at radius 1 is 1.03 bits per heavy atom. The first-order chi connectivity index (χ1) is 18.1. The Bertz CT molecular complexity index is 1390. The molecule has 1 aliphatic heterocycles. The number of benzene rings is 2. The van der Waals surface area contributed by atoms with Gasteiger partial charge < -0.3 is 20.1 Å². The highest BCUT2D eigenvalue weighted by Crippen LogP contribution is 2.35. The number of hydrogen-bond donors (Lipinski definition) is 2. The molecule has 1 aliphatic rings. The lowest BCUT2D eigenvalue weighted by Crippen LogP contribution is -2.40. The van der Waals surface area contributed by atoms with E-state index in [1.807, 2.05) is 47.0 Å². The van der Waals surface area contributed by atoms with Crippen LogP contribution in [0, 0.1) is 0 Å². The lowest BCUT2D eigenvalue weighted by atomic mass is 9.89. The summed E-state index contributed by atoms with van der Waals surface area (Å²) >= 11 is 0. The van der Waals surface area contributed by atoms with Gasteiger partial charge in [0, 0.05) is 12.6 Å². The van der Waals surface area contributed by atoms with Gasteiger partial charge in [0.05, 0.1) is 43.9 Å². The van der Waals surface area contributed by atoms with E-state index in [-0.39, 0.29) is 5.91 Å². The van der Waals surface area contributed by atoms with Gasteiger partial charge in [0.25, 0.3) is 0 Å². The van der Waals surface area contributed by atoms with Gasteiger partial charge in [-0.05, 0) is 73.8 Å². The van der Waals surface area contributed by atoms with Crippen LogP contribution in [0.4, 0.5) is 11.6 Å². The van der Waals surface area contributed by atoms with Crippen LogP contribution in [0.3, 0.4) is 0 Å². The van der Waals surface area contributed by atoms with E-state index in [0.717, 1.165) is 59.9 Å². The summed E-state index contributed by atoms with van der Waals surface area (Å²) in [6.07, 6.45) is 3.81. The van der Waals surface area contributed by atoms with E-state index in [4.69, 9.17) is 14.6 Å². The Balaban J connectivity index is 1.35. The summed E-state index contributed by atoms with van der Waals surface area (Å²) in [4.78, 5) is 18.4. The van der Waals surface area contributed by atoms with Crippen molar-refractivity contribution in [3.05, 3.63) is 66.4 Å². The monoisotopic (exact) mass is 500 g/mol. The fourth-order valence-electron chi connectivity index (χ4n) is 4.91. The number of nitrogens with zero attached hydrogens (tertiary/aromatic N) is 4. The third kappa shape index (κ3) is 5.22. The quantitative estimate of drug-likeness (QED) is 0.377. The van der Waals surface area contributed by atoms with Crippen LogP contribution in [0.25, 0.3) is 16.8 Å². The van der Waals surface area contributed by atoms with E-state index in [2.05, 4.69) is 32.7 Å². The number of ether oxygens (including phenoxy) is 2. The highest BCUT2D eigenvalue weighted by Gasteiger charge is 2.23. The number of piperidine rings is 1. The van der Waals surface area contributed by atoms with Crippen LogP contribution in [0.5, 0.6) is 11.5 Å². The highest BCUT2D eigenvalue weighted by atomic mass is 16.5. The Hall–Kier alpha value is -4.11. The second-order valence-corrected chi connectivity index (χ2v) is 9.15. The van der Waals surface area contributed by atoms with Gasteiger partial charge in [-0.15, -0.1) is 5.10 Å². The molecular formula is C28H32N6O3. The van der Waals surface area contributed by atoms with Crippen molar-refractivity contribution in [2.75, 3.05) is 46.2 Å². The van der Waals surface area contributed by atoms with Crippen molar-refractivity contribution in [2.45, 2.75) is 18.8 Å². The molecule has 3 heterocycles. The van der Waals surface area contributed by atoms with Crippen molar-refractivity contribution in [3.63, 3.8) is 0 Å². The predicted molar refractivity (Wildman–Crippen MR) is 144 cm³/mol. The zero-order valence-corrected chi connectivity index (χ0v) is 21.4. The third-order valence-electron chi connectivity index (χ3n) is 6.96. The lowest BCUT2D eigenvalue weighted by molar-refractivity contribution is -0.122. The summed E-state index contributed by atoms with van der Waals surface area (Å²) in [5.41, 5.74) is 4.80. The minimum atomic E-state index is 0.0610. The summed E-state index contributed by atoms with van der Waals surface area (Å²) < 4.78 is 13.1. The van der Waals surface area contributed by atoms with Crippen LogP contribution in [-0.4, -0.2) is 66.3 Å². The number of nitrogens with one attached hydrogen (secondary N) is 2. The first-order valence-electron chi connectivity index (χ1n) is 12.5. The molecule has 9 heteroatoms. The maximum atomic E-state index is 11.7. The van der Waals surface area contributed by atoms with Crippen LogP contribution in [0.2, 0.25) is 0 Å². The van der Waals surface area contributed by atoms with Crippen LogP contribution in [-0.2, 0) is 4.79 Å². The van der Waals surface area contributed by atoms with Crippen molar-refractivity contribution in [1.29, 1.82) is 0 Å². The number of carbonyl (C=O) groups excluding carboxylic acids is 1. The van der Waals surface area contributed by atoms with Gasteiger partial charge in [-0.2, -0.15) is 0 Å². The third-order valence-corrected chi connectivity index (χ3v) is 6.96. The number of carbonyl (C=O) groups is 1. The summed E-state index contributed by atoms with van der Waals surface area (Å²) in [6, 6.07) is 18.1. The van der Waals surface area contributed by atoms with E-state index < -0.39 is 0 Å². The summed E-state index contributed by atoms with van der Waals surface area (Å²) in [7, 11) is 5.02. The molecule has 1 fully saturated rings. The number of aromatic nitrogens is 3. The van der Waals surface area contributed by atoms with Crippen LogP contribution in [0.15, 0.2) is 60.8 Å². The molecule has 0 spiro atoms. The predicted octanol–water partition coefficient (Wildman–Crippen LogP) is 4.08. The zero-order chi connectivity index (χ0) is 25.8. The Labute approximate surface area is 216 Å². The van der Waals surface area contributed by atoms with E-state index in [0.29, 0.717) is 18.4 Å². The normalized spacial score (nSPS) is 14.5. The molecule has 1 amide bonds. The number of methoxy groups -OCH3 is 2. The molecule has 0 bridgehead atoms. The van der Waals surface area contributed by atoms with E-state index in [9.17, 15) is 4.79 Å². The number of anilines is 2. The lowest BCUT2D eigenvalue weighted by Gasteiger charge is -2.31. The van der Waals surface area contributed by atoms with Crippen molar-refractivity contribution in [2.24, 2.45) is 0 Å². The summed E-state index contributed by atoms with van der Waals surface area (Å²) in [5.74, 6) is 2.48. The fourth-order valence-corrected chi connectivity index (χ4v) is 4.91. The molecule has 2 aromatic heterocycles. The van der Waals surface area contributed by atoms with Gasteiger partial charge in [-0.1, -0.05) is 18.2 Å². The molecule has 0 radical (unpaired) electrons. The molecule has 2 aromatic carbocycles. The minimum Gasteiger partial charge on any atom is -0.496 e. The van der Waals surface area contributed by atoms with E-state index >= 15 is 0 Å². The number of likely N-dealkylation sites (N-methyl/N-ethyl adjacent to an activating group) is 1. The molecular weight excluding hydrogens is 468 g/mol. The molecule has 37 heavy (non-hydrogen) atoms. The zero-order valence-electron chi connectivity index (χ0n) is 21.4. The highest BCUT2D eigenvalue weighted by molar-refractivity contribution is 5.77. The molecule has 192 valence electrons. The van der Waals surface area contributed by atoms with E-state index in [1.54, 1.807) is 27.5 Å². The number of rotatable bonds is 8. The molecule has 9 nitrogen and oxygen atoms in total. The molecule has 2 N–H and O–H groups in total. The van der Waals surface area contributed by atoms with Crippen LogP contribution in [0.1, 0.15) is 24.3 Å². The first kappa shape index (κ1) is 24.6. The Morgan fingerprint density at radius 3 is 2.57 bits per heavy atom. The number of fused-ring (bicyclic) bond motifs is 1. The summed E-state index contributed by atoms with van der Waals surface area (Å²) in [6.45, 7) is 2.26. The number of para-hydroxylation sites is 1. The van der Waals surface area contributed by atoms with Crippen molar-refractivity contribution < 1.29 is 14.3 Å². The van der Waals surface area contributed by atoms with Gasteiger partial charge >= 0.3 is 0 Å². The minimum absolute atomic E-state index is 0.0610. The number of likely N-dealkylation sites (tertiary alicyclic amines) is 1. The maximum Gasteiger partial charge on any atom is 0.245 e.